The molecule has 156 valence electrons. The molecule has 0 unspecified atom stereocenters. The highest BCUT2D eigenvalue weighted by Crippen LogP contribution is 2.28. The molecule has 1 aromatic heterocycles. The molecule has 1 heterocycles. The van der Waals surface area contributed by atoms with Crippen molar-refractivity contribution >= 4 is 17.5 Å². The van der Waals surface area contributed by atoms with Crippen molar-refractivity contribution in [1.82, 2.24) is 14.9 Å². The van der Waals surface area contributed by atoms with Gasteiger partial charge in [0.05, 0.1) is 11.4 Å². The molecule has 1 amide bonds. The molecule has 0 aliphatic heterocycles. The molecule has 10 heteroatoms. The normalized spacial score (nSPS) is 15.2. The summed E-state index contributed by atoms with van der Waals surface area (Å²) >= 11 is 5.87. The first kappa shape index (κ1) is 21.3. The molecule has 0 radical (unpaired) electrons. The van der Waals surface area contributed by atoms with E-state index < -0.39 is 29.7 Å². The maximum absolute atomic E-state index is 12.6. The Hall–Kier alpha value is -2.39. The van der Waals surface area contributed by atoms with Crippen LogP contribution in [0.3, 0.4) is 0 Å². The molecule has 3 rings (SSSR count). The van der Waals surface area contributed by atoms with Crippen LogP contribution in [0.25, 0.3) is 11.3 Å². The molecule has 1 saturated carbocycles. The minimum absolute atomic E-state index is 0.1000. The number of rotatable bonds is 7. The fraction of sp³-hybridized carbons (Fsp3) is 0.421. The van der Waals surface area contributed by atoms with E-state index in [1.807, 2.05) is 0 Å². The van der Waals surface area contributed by atoms with E-state index in [9.17, 15) is 22.8 Å². The highest BCUT2D eigenvalue weighted by atomic mass is 35.5. The SMILES string of the molecule is NC1(NC(=O)Cn2c(CCCC(F)(F)F)nc(-c3ccc(Cl)cc3)cc2=O)CC1. The quantitative estimate of drug-likeness (QED) is 0.663. The minimum atomic E-state index is -4.31. The minimum Gasteiger partial charge on any atom is -0.337 e. The van der Waals surface area contributed by atoms with E-state index in [0.29, 0.717) is 29.1 Å². The van der Waals surface area contributed by atoms with Gasteiger partial charge in [0.15, 0.2) is 0 Å². The highest BCUT2D eigenvalue weighted by molar-refractivity contribution is 6.30. The van der Waals surface area contributed by atoms with Gasteiger partial charge >= 0.3 is 6.18 Å². The van der Waals surface area contributed by atoms with E-state index in [1.165, 1.54) is 6.07 Å². The summed E-state index contributed by atoms with van der Waals surface area (Å²) in [4.78, 5) is 29.2. The molecule has 2 aromatic rings. The van der Waals surface area contributed by atoms with Crippen LogP contribution in [-0.2, 0) is 17.8 Å². The third-order valence-electron chi connectivity index (χ3n) is 4.57. The summed E-state index contributed by atoms with van der Waals surface area (Å²) in [5.74, 6) is -0.367. The van der Waals surface area contributed by atoms with Gasteiger partial charge in [-0.05, 0) is 31.4 Å². The zero-order chi connectivity index (χ0) is 21.2. The van der Waals surface area contributed by atoms with E-state index >= 15 is 0 Å². The van der Waals surface area contributed by atoms with Crippen LogP contribution < -0.4 is 16.6 Å². The summed E-state index contributed by atoms with van der Waals surface area (Å²) in [6.07, 6.45) is -4.39. The van der Waals surface area contributed by atoms with Crippen LogP contribution in [0.1, 0.15) is 31.5 Å². The number of amides is 1. The van der Waals surface area contributed by atoms with Crippen molar-refractivity contribution in [3.8, 4) is 11.3 Å². The maximum atomic E-state index is 12.6. The fourth-order valence-electron chi connectivity index (χ4n) is 2.85. The van der Waals surface area contributed by atoms with Gasteiger partial charge in [0, 0.05) is 29.5 Å². The average Bonchev–Trinajstić information content (AvgIpc) is 3.33. The number of nitrogens with two attached hydrogens (primary N) is 1. The largest absolute Gasteiger partial charge is 0.389 e. The number of benzene rings is 1. The Labute approximate surface area is 169 Å². The van der Waals surface area contributed by atoms with Crippen LogP contribution in [0.15, 0.2) is 35.1 Å². The molecule has 29 heavy (non-hydrogen) atoms. The second kappa shape index (κ2) is 8.16. The Kier molecular flexibility index (Phi) is 6.00. The fourth-order valence-corrected chi connectivity index (χ4v) is 2.98. The van der Waals surface area contributed by atoms with Crippen molar-refractivity contribution in [3.05, 3.63) is 51.5 Å². The van der Waals surface area contributed by atoms with Crippen molar-refractivity contribution in [1.29, 1.82) is 0 Å². The monoisotopic (exact) mass is 428 g/mol. The second-order valence-corrected chi connectivity index (χ2v) is 7.60. The van der Waals surface area contributed by atoms with Gasteiger partial charge in [-0.25, -0.2) is 4.98 Å². The predicted molar refractivity (Wildman–Crippen MR) is 102 cm³/mol. The summed E-state index contributed by atoms with van der Waals surface area (Å²) in [6.45, 7) is -0.354. The van der Waals surface area contributed by atoms with Crippen LogP contribution in [-0.4, -0.2) is 27.3 Å². The summed E-state index contributed by atoms with van der Waals surface area (Å²) in [7, 11) is 0. The molecule has 1 aliphatic rings. The van der Waals surface area contributed by atoms with Crippen molar-refractivity contribution in [2.24, 2.45) is 5.73 Å². The van der Waals surface area contributed by atoms with Crippen molar-refractivity contribution in [3.63, 3.8) is 0 Å². The van der Waals surface area contributed by atoms with Gasteiger partial charge in [0.1, 0.15) is 12.4 Å². The average molecular weight is 429 g/mol. The number of aromatic nitrogens is 2. The summed E-state index contributed by atoms with van der Waals surface area (Å²) < 4.78 is 38.7. The van der Waals surface area contributed by atoms with Crippen LogP contribution in [0.2, 0.25) is 5.02 Å². The van der Waals surface area contributed by atoms with Crippen molar-refractivity contribution in [2.45, 2.75) is 50.5 Å². The van der Waals surface area contributed by atoms with Crippen LogP contribution in [0.5, 0.6) is 0 Å². The molecule has 1 aliphatic carbocycles. The summed E-state index contributed by atoms with van der Waals surface area (Å²) in [5.41, 5.74) is 5.47. The molecule has 0 spiro atoms. The van der Waals surface area contributed by atoms with E-state index in [0.717, 1.165) is 4.57 Å². The molecule has 0 atom stereocenters. The van der Waals surface area contributed by atoms with Gasteiger partial charge in [-0.1, -0.05) is 23.7 Å². The molecular weight excluding hydrogens is 409 g/mol. The van der Waals surface area contributed by atoms with Gasteiger partial charge in [-0.15, -0.1) is 0 Å². The highest BCUT2D eigenvalue weighted by Gasteiger charge is 2.39. The number of hydrogen-bond donors (Lipinski definition) is 2. The maximum Gasteiger partial charge on any atom is 0.389 e. The number of nitrogens with zero attached hydrogens (tertiary/aromatic N) is 2. The van der Waals surface area contributed by atoms with E-state index in [-0.39, 0.29) is 25.2 Å². The van der Waals surface area contributed by atoms with Gasteiger partial charge in [0.25, 0.3) is 5.56 Å². The molecule has 1 aromatic carbocycles. The number of hydrogen-bond acceptors (Lipinski definition) is 4. The lowest BCUT2D eigenvalue weighted by Gasteiger charge is -2.16. The van der Waals surface area contributed by atoms with Gasteiger partial charge in [-0.3, -0.25) is 14.2 Å². The molecular formula is C19H20ClF3N4O2. The molecule has 3 N–H and O–H groups in total. The number of carbonyl (C=O) groups is 1. The number of halogens is 4. The van der Waals surface area contributed by atoms with Crippen LogP contribution in [0, 0.1) is 0 Å². The predicted octanol–water partition coefficient (Wildman–Crippen LogP) is 3.01. The van der Waals surface area contributed by atoms with Crippen molar-refractivity contribution in [2.75, 3.05) is 0 Å². The Morgan fingerprint density at radius 1 is 1.28 bits per heavy atom. The van der Waals surface area contributed by atoms with E-state index in [2.05, 4.69) is 10.3 Å². The lowest BCUT2D eigenvalue weighted by Crippen LogP contribution is -2.46. The second-order valence-electron chi connectivity index (χ2n) is 7.16. The zero-order valence-electron chi connectivity index (χ0n) is 15.4. The Bertz CT molecular complexity index is 953. The number of carbonyl (C=O) groups excluding carboxylic acids is 1. The molecule has 0 saturated heterocycles. The van der Waals surface area contributed by atoms with Crippen LogP contribution >= 0.6 is 11.6 Å². The number of alkyl halides is 3. The van der Waals surface area contributed by atoms with E-state index in [4.69, 9.17) is 17.3 Å². The topological polar surface area (TPSA) is 90.0 Å². The van der Waals surface area contributed by atoms with Gasteiger partial charge in [0.2, 0.25) is 5.91 Å². The van der Waals surface area contributed by atoms with E-state index in [1.54, 1.807) is 24.3 Å². The molecule has 6 nitrogen and oxygen atoms in total. The number of nitrogens with one attached hydrogen (secondary N) is 1. The van der Waals surface area contributed by atoms with Crippen molar-refractivity contribution < 1.29 is 18.0 Å². The Morgan fingerprint density at radius 2 is 1.93 bits per heavy atom. The zero-order valence-corrected chi connectivity index (χ0v) is 16.2. The smallest absolute Gasteiger partial charge is 0.337 e. The molecule has 1 fully saturated rings. The first-order chi connectivity index (χ1) is 13.5. The van der Waals surface area contributed by atoms with Gasteiger partial charge < -0.3 is 11.1 Å². The Morgan fingerprint density at radius 3 is 2.52 bits per heavy atom. The van der Waals surface area contributed by atoms with Crippen LogP contribution in [0.4, 0.5) is 13.2 Å². The lowest BCUT2D eigenvalue weighted by molar-refractivity contribution is -0.135. The summed E-state index contributed by atoms with van der Waals surface area (Å²) in [5, 5.41) is 3.12. The standard InChI is InChI=1S/C19H20ClF3N4O2/c20-13-5-3-12(4-6-13)14-10-17(29)27(11-16(28)26-18(24)8-9-18)15(25-14)2-1-7-19(21,22)23/h3-6,10H,1-2,7-9,11,24H2,(H,26,28). The lowest BCUT2D eigenvalue weighted by atomic mass is 10.1. The number of aryl methyl sites for hydroxylation is 1. The molecule has 0 bridgehead atoms. The van der Waals surface area contributed by atoms with Gasteiger partial charge in [-0.2, -0.15) is 13.2 Å². The Balaban J connectivity index is 1.88. The third-order valence-corrected chi connectivity index (χ3v) is 4.82. The first-order valence-corrected chi connectivity index (χ1v) is 9.46. The third kappa shape index (κ3) is 6.04. The first-order valence-electron chi connectivity index (χ1n) is 9.08. The summed E-state index contributed by atoms with van der Waals surface area (Å²) in [6, 6.07) is 7.81.